The van der Waals surface area contributed by atoms with Gasteiger partial charge in [-0.25, -0.2) is 4.79 Å². The Hall–Kier alpha value is -2.32. The maximum absolute atomic E-state index is 11.3. The van der Waals surface area contributed by atoms with Crippen molar-refractivity contribution in [3.8, 4) is 0 Å². The van der Waals surface area contributed by atoms with E-state index in [1.807, 2.05) is 60.7 Å². The fraction of sp³-hybridized carbons (Fsp3) is 0. The molecule has 1 aliphatic carbocycles. The summed E-state index contributed by atoms with van der Waals surface area (Å²) in [5, 5.41) is 9.11. The lowest BCUT2D eigenvalue weighted by atomic mass is 9.93. The molecule has 0 aromatic heterocycles. The molecule has 0 aliphatic heterocycles. The van der Waals surface area contributed by atoms with E-state index in [2.05, 4.69) is 0 Å². The van der Waals surface area contributed by atoms with Crippen LogP contribution in [0.25, 0.3) is 17.7 Å². The Morgan fingerprint density at radius 3 is 1.75 bits per heavy atom. The summed E-state index contributed by atoms with van der Waals surface area (Å²) >= 11 is 6.07. The molecule has 2 aromatic rings. The van der Waals surface area contributed by atoms with Crippen molar-refractivity contribution in [1.82, 2.24) is 0 Å². The number of aliphatic carboxylic acids is 1. The second-order valence-corrected chi connectivity index (χ2v) is 4.88. The van der Waals surface area contributed by atoms with E-state index >= 15 is 0 Å². The third-order valence-corrected chi connectivity index (χ3v) is 3.66. The van der Waals surface area contributed by atoms with Crippen LogP contribution in [-0.2, 0) is 4.79 Å². The zero-order valence-corrected chi connectivity index (χ0v) is 11.3. The lowest BCUT2D eigenvalue weighted by Crippen LogP contribution is -2.02. The number of halogens is 1. The molecule has 0 bridgehead atoms. The number of benzene rings is 2. The summed E-state index contributed by atoms with van der Waals surface area (Å²) < 4.78 is 0. The van der Waals surface area contributed by atoms with Crippen molar-refractivity contribution in [2.75, 3.05) is 0 Å². The predicted octanol–water partition coefficient (Wildman–Crippen LogP) is 4.25. The molecule has 1 aliphatic rings. The van der Waals surface area contributed by atoms with Crippen molar-refractivity contribution in [3.63, 3.8) is 0 Å². The third-order valence-electron chi connectivity index (χ3n) is 3.31. The standard InChI is InChI=1S/C17H11ClO2/c18-16(17(19)20)15-13-7-3-1-5-11(13)9-10-12-6-2-4-8-14(12)15/h1-10H,(H,19,20). The molecule has 20 heavy (non-hydrogen) atoms. The zero-order valence-electron chi connectivity index (χ0n) is 10.5. The number of rotatable bonds is 1. The molecule has 0 heterocycles. The number of carboxylic acid groups (broad SMARTS) is 1. The molecule has 0 fully saturated rings. The predicted molar refractivity (Wildman–Crippen MR) is 81.3 cm³/mol. The van der Waals surface area contributed by atoms with Crippen molar-refractivity contribution < 1.29 is 9.90 Å². The molecular weight excluding hydrogens is 272 g/mol. The van der Waals surface area contributed by atoms with Gasteiger partial charge in [0.2, 0.25) is 0 Å². The molecule has 0 unspecified atom stereocenters. The molecule has 2 aromatic carbocycles. The average Bonchev–Trinajstić information content (AvgIpc) is 2.63. The Kier molecular flexibility index (Phi) is 3.17. The average molecular weight is 283 g/mol. The van der Waals surface area contributed by atoms with Gasteiger partial charge in [0.15, 0.2) is 0 Å². The van der Waals surface area contributed by atoms with E-state index in [9.17, 15) is 9.90 Å². The summed E-state index contributed by atoms with van der Waals surface area (Å²) in [7, 11) is 0. The molecule has 0 spiro atoms. The SMILES string of the molecule is O=C(O)C(Cl)=C1c2ccccc2C=Cc2ccccc21. The topological polar surface area (TPSA) is 37.3 Å². The van der Waals surface area contributed by atoms with Crippen LogP contribution in [0, 0.1) is 0 Å². The third kappa shape index (κ3) is 2.04. The number of carbonyl (C=O) groups is 1. The van der Waals surface area contributed by atoms with Crippen molar-refractivity contribution in [3.05, 3.63) is 75.8 Å². The summed E-state index contributed by atoms with van der Waals surface area (Å²) in [6.45, 7) is 0. The highest BCUT2D eigenvalue weighted by molar-refractivity contribution is 6.45. The summed E-state index contributed by atoms with van der Waals surface area (Å²) in [5.41, 5.74) is 4.15. The van der Waals surface area contributed by atoms with Crippen LogP contribution in [0.15, 0.2) is 53.6 Å². The van der Waals surface area contributed by atoms with E-state index in [0.29, 0.717) is 5.57 Å². The van der Waals surface area contributed by atoms with E-state index < -0.39 is 5.97 Å². The van der Waals surface area contributed by atoms with Gasteiger partial charge in [0.25, 0.3) is 0 Å². The molecule has 3 rings (SSSR count). The Bertz CT molecular complexity index is 706. The molecular formula is C17H11ClO2. The Balaban J connectivity index is 2.41. The second kappa shape index (κ2) is 4.99. The normalized spacial score (nSPS) is 12.3. The monoisotopic (exact) mass is 282 g/mol. The first-order valence-electron chi connectivity index (χ1n) is 6.18. The van der Waals surface area contributed by atoms with Crippen LogP contribution >= 0.6 is 11.6 Å². The molecule has 2 nitrogen and oxygen atoms in total. The first kappa shape index (κ1) is 12.7. The van der Waals surface area contributed by atoms with Gasteiger partial charge in [0.1, 0.15) is 5.03 Å². The van der Waals surface area contributed by atoms with Gasteiger partial charge in [0, 0.05) is 5.57 Å². The highest BCUT2D eigenvalue weighted by atomic mass is 35.5. The van der Waals surface area contributed by atoms with E-state index in [-0.39, 0.29) is 5.03 Å². The van der Waals surface area contributed by atoms with Crippen molar-refractivity contribution in [2.45, 2.75) is 0 Å². The molecule has 0 saturated carbocycles. The van der Waals surface area contributed by atoms with E-state index in [4.69, 9.17) is 11.6 Å². The van der Waals surface area contributed by atoms with Gasteiger partial charge < -0.3 is 5.11 Å². The molecule has 1 N–H and O–H groups in total. The van der Waals surface area contributed by atoms with Gasteiger partial charge in [0.05, 0.1) is 0 Å². The quantitative estimate of drug-likeness (QED) is 0.677. The van der Waals surface area contributed by atoms with Crippen LogP contribution in [0.1, 0.15) is 22.3 Å². The van der Waals surface area contributed by atoms with Gasteiger partial charge >= 0.3 is 5.97 Å². The maximum Gasteiger partial charge on any atom is 0.347 e. The Morgan fingerprint density at radius 1 is 0.850 bits per heavy atom. The lowest BCUT2D eigenvalue weighted by molar-refractivity contribution is -0.131. The van der Waals surface area contributed by atoms with E-state index in [1.54, 1.807) is 0 Å². The van der Waals surface area contributed by atoms with Crippen LogP contribution in [0.2, 0.25) is 0 Å². The minimum absolute atomic E-state index is 0.159. The van der Waals surface area contributed by atoms with E-state index in [1.165, 1.54) is 0 Å². The van der Waals surface area contributed by atoms with Gasteiger partial charge in [-0.15, -0.1) is 0 Å². The first-order chi connectivity index (χ1) is 9.68. The summed E-state index contributed by atoms with van der Waals surface area (Å²) in [6.07, 6.45) is 3.96. The highest BCUT2D eigenvalue weighted by Gasteiger charge is 2.21. The van der Waals surface area contributed by atoms with E-state index in [0.717, 1.165) is 22.3 Å². The number of fused-ring (bicyclic) bond motifs is 2. The Labute approximate surface area is 121 Å². The number of hydrogen-bond donors (Lipinski definition) is 1. The molecule has 0 radical (unpaired) electrons. The molecule has 3 heteroatoms. The van der Waals surface area contributed by atoms with Crippen LogP contribution in [0.4, 0.5) is 0 Å². The molecule has 98 valence electrons. The van der Waals surface area contributed by atoms with Crippen molar-refractivity contribution >= 4 is 35.3 Å². The smallest absolute Gasteiger partial charge is 0.347 e. The fourth-order valence-corrected chi connectivity index (χ4v) is 2.61. The van der Waals surface area contributed by atoms with Gasteiger partial charge in [-0.1, -0.05) is 72.3 Å². The Morgan fingerprint density at radius 2 is 1.30 bits per heavy atom. The number of hydrogen-bond acceptors (Lipinski definition) is 1. The van der Waals surface area contributed by atoms with Crippen molar-refractivity contribution in [2.24, 2.45) is 0 Å². The zero-order chi connectivity index (χ0) is 14.1. The van der Waals surface area contributed by atoms with Crippen LogP contribution in [0.3, 0.4) is 0 Å². The maximum atomic E-state index is 11.3. The molecule has 0 amide bonds. The first-order valence-corrected chi connectivity index (χ1v) is 6.56. The van der Waals surface area contributed by atoms with Gasteiger partial charge in [-0.3, -0.25) is 0 Å². The summed E-state index contributed by atoms with van der Waals surface area (Å²) in [4.78, 5) is 11.3. The number of carboxylic acids is 1. The largest absolute Gasteiger partial charge is 0.477 e. The minimum atomic E-state index is -1.12. The highest BCUT2D eigenvalue weighted by Crippen LogP contribution is 2.36. The molecule has 0 atom stereocenters. The van der Waals surface area contributed by atoms with Crippen LogP contribution in [-0.4, -0.2) is 11.1 Å². The fourth-order valence-electron chi connectivity index (χ4n) is 2.41. The van der Waals surface area contributed by atoms with Gasteiger partial charge in [-0.2, -0.15) is 0 Å². The molecule has 0 saturated heterocycles. The lowest BCUT2D eigenvalue weighted by Gasteiger charge is -2.12. The van der Waals surface area contributed by atoms with Crippen molar-refractivity contribution in [1.29, 1.82) is 0 Å². The van der Waals surface area contributed by atoms with Crippen LogP contribution in [0.5, 0.6) is 0 Å². The minimum Gasteiger partial charge on any atom is -0.477 e. The second-order valence-electron chi connectivity index (χ2n) is 4.50. The van der Waals surface area contributed by atoms with Gasteiger partial charge in [-0.05, 0) is 22.3 Å². The summed E-state index contributed by atoms with van der Waals surface area (Å²) in [5.74, 6) is -1.12. The van der Waals surface area contributed by atoms with Crippen LogP contribution < -0.4 is 0 Å². The summed E-state index contributed by atoms with van der Waals surface area (Å²) in [6, 6.07) is 15.3.